The Kier molecular flexibility index (Phi) is 1.42. The van der Waals surface area contributed by atoms with Crippen LogP contribution in [-0.4, -0.2) is 6.17 Å². The van der Waals surface area contributed by atoms with Gasteiger partial charge in [-0.2, -0.15) is 0 Å². The van der Waals surface area contributed by atoms with E-state index in [0.717, 1.165) is 0 Å². The molecule has 1 heterocycles. The van der Waals surface area contributed by atoms with Crippen LogP contribution in [0.1, 0.15) is 0 Å². The average Bonchev–Trinajstić information content (AvgIpc) is 1.90. The lowest BCUT2D eigenvalue weighted by atomic mass is 10.3. The van der Waals surface area contributed by atoms with Gasteiger partial charge in [0.25, 0.3) is 0 Å². The van der Waals surface area contributed by atoms with Crippen LogP contribution in [0.5, 0.6) is 0 Å². The largest absolute Gasteiger partial charge is 0.364 e. The zero-order valence-electron chi connectivity index (χ0n) is 4.24. The summed E-state index contributed by atoms with van der Waals surface area (Å²) in [5.41, 5.74) is 0. The predicted octanol–water partition coefficient (Wildman–Crippen LogP) is 0.752. The first-order valence-corrected chi connectivity index (χ1v) is 2.35. The minimum atomic E-state index is -0.361. The van der Waals surface area contributed by atoms with Crippen LogP contribution in [0.2, 0.25) is 0 Å². The molecule has 0 amide bonds. The number of rotatable bonds is 1. The van der Waals surface area contributed by atoms with Gasteiger partial charge in [0.05, 0.1) is 0 Å². The monoisotopic (exact) mass is 110 g/mol. The maximum Gasteiger partial charge on any atom is 0.179 e. The molecule has 0 saturated heterocycles. The Morgan fingerprint density at radius 1 is 1.50 bits per heavy atom. The maximum absolute atomic E-state index is 9.76. The SMILES string of the molecule is O=NC1C=CC=CN1. The highest BCUT2D eigenvalue weighted by atomic mass is 16.3. The fraction of sp³-hybridized carbons (Fsp3) is 0.200. The number of nitrogens with zero attached hydrogens (tertiary/aromatic N) is 1. The first-order chi connectivity index (χ1) is 3.93. The van der Waals surface area contributed by atoms with E-state index in [4.69, 9.17) is 0 Å². The number of allylic oxidation sites excluding steroid dienone is 2. The fourth-order valence-electron chi connectivity index (χ4n) is 0.500. The van der Waals surface area contributed by atoms with Gasteiger partial charge in [0.1, 0.15) is 0 Å². The topological polar surface area (TPSA) is 41.5 Å². The van der Waals surface area contributed by atoms with Crippen LogP contribution in [0.4, 0.5) is 0 Å². The summed E-state index contributed by atoms with van der Waals surface area (Å²) in [6.45, 7) is 0. The van der Waals surface area contributed by atoms with Gasteiger partial charge in [-0.15, -0.1) is 4.91 Å². The third kappa shape index (κ3) is 0.932. The minimum Gasteiger partial charge on any atom is -0.364 e. The second kappa shape index (κ2) is 2.26. The molecule has 1 aliphatic heterocycles. The summed E-state index contributed by atoms with van der Waals surface area (Å²) in [5, 5.41) is 5.47. The second-order valence-electron chi connectivity index (χ2n) is 1.46. The van der Waals surface area contributed by atoms with E-state index >= 15 is 0 Å². The Balaban J connectivity index is 2.51. The summed E-state index contributed by atoms with van der Waals surface area (Å²) in [5.74, 6) is 0. The highest BCUT2D eigenvalue weighted by molar-refractivity contribution is 5.11. The third-order valence-electron chi connectivity index (χ3n) is 0.881. The van der Waals surface area contributed by atoms with Crippen molar-refractivity contribution in [1.29, 1.82) is 0 Å². The molecular formula is C5H6N2O. The highest BCUT2D eigenvalue weighted by Gasteiger charge is 1.98. The lowest BCUT2D eigenvalue weighted by Gasteiger charge is -2.04. The fourth-order valence-corrected chi connectivity index (χ4v) is 0.500. The molecule has 3 nitrogen and oxygen atoms in total. The molecule has 0 aromatic carbocycles. The first kappa shape index (κ1) is 5.03. The first-order valence-electron chi connectivity index (χ1n) is 2.35. The van der Waals surface area contributed by atoms with Crippen molar-refractivity contribution in [3.63, 3.8) is 0 Å². The van der Waals surface area contributed by atoms with E-state index in [1.165, 1.54) is 0 Å². The van der Waals surface area contributed by atoms with Gasteiger partial charge in [-0.3, -0.25) is 0 Å². The summed E-state index contributed by atoms with van der Waals surface area (Å²) in [7, 11) is 0. The van der Waals surface area contributed by atoms with E-state index in [1.54, 1.807) is 18.4 Å². The zero-order valence-corrected chi connectivity index (χ0v) is 4.24. The molecule has 0 radical (unpaired) electrons. The van der Waals surface area contributed by atoms with Crippen LogP contribution < -0.4 is 5.32 Å². The molecule has 1 unspecified atom stereocenters. The van der Waals surface area contributed by atoms with E-state index in [1.807, 2.05) is 6.08 Å². The van der Waals surface area contributed by atoms with E-state index < -0.39 is 0 Å². The highest BCUT2D eigenvalue weighted by Crippen LogP contribution is 1.93. The van der Waals surface area contributed by atoms with Gasteiger partial charge in [-0.05, 0) is 23.5 Å². The van der Waals surface area contributed by atoms with Crippen molar-refractivity contribution in [2.45, 2.75) is 6.17 Å². The summed E-state index contributed by atoms with van der Waals surface area (Å²) >= 11 is 0. The van der Waals surface area contributed by atoms with E-state index in [9.17, 15) is 4.91 Å². The van der Waals surface area contributed by atoms with Crippen molar-refractivity contribution in [3.05, 3.63) is 29.3 Å². The van der Waals surface area contributed by atoms with Gasteiger partial charge in [-0.1, -0.05) is 6.08 Å². The molecule has 1 aliphatic rings. The van der Waals surface area contributed by atoms with Gasteiger partial charge in [0.15, 0.2) is 6.17 Å². The van der Waals surface area contributed by atoms with Gasteiger partial charge in [-0.25, -0.2) is 0 Å². The van der Waals surface area contributed by atoms with Crippen LogP contribution >= 0.6 is 0 Å². The molecule has 42 valence electrons. The van der Waals surface area contributed by atoms with Crippen LogP contribution in [0.15, 0.2) is 29.6 Å². The van der Waals surface area contributed by atoms with Gasteiger partial charge >= 0.3 is 0 Å². The van der Waals surface area contributed by atoms with E-state index in [2.05, 4.69) is 10.5 Å². The molecule has 0 spiro atoms. The Hall–Kier alpha value is -1.12. The molecule has 0 aliphatic carbocycles. The number of dihydropyridines is 1. The summed E-state index contributed by atoms with van der Waals surface area (Å²) in [6.07, 6.45) is 6.60. The Morgan fingerprint density at radius 2 is 2.38 bits per heavy atom. The quantitative estimate of drug-likeness (QED) is 0.506. The zero-order chi connectivity index (χ0) is 5.82. The van der Waals surface area contributed by atoms with Gasteiger partial charge in [0, 0.05) is 0 Å². The van der Waals surface area contributed by atoms with Crippen LogP contribution in [0.3, 0.4) is 0 Å². The molecule has 0 aromatic rings. The molecule has 8 heavy (non-hydrogen) atoms. The molecule has 1 atom stereocenters. The van der Waals surface area contributed by atoms with Crippen molar-refractivity contribution < 1.29 is 0 Å². The molecule has 0 aromatic heterocycles. The number of nitroso groups, excluding NO2 is 1. The van der Waals surface area contributed by atoms with Crippen molar-refractivity contribution in [2.75, 3.05) is 0 Å². The molecule has 0 saturated carbocycles. The Bertz CT molecular complexity index is 139. The molecule has 0 fully saturated rings. The predicted molar refractivity (Wildman–Crippen MR) is 31.0 cm³/mol. The average molecular weight is 110 g/mol. The van der Waals surface area contributed by atoms with Crippen LogP contribution in [0.25, 0.3) is 0 Å². The number of hydrogen-bond donors (Lipinski definition) is 1. The standard InChI is InChI=1S/C5H6N2O/c8-7-5-3-1-2-4-6-5/h1-6H. The lowest BCUT2D eigenvalue weighted by Crippen LogP contribution is -2.19. The minimum absolute atomic E-state index is 0.361. The summed E-state index contributed by atoms with van der Waals surface area (Å²) in [6, 6.07) is 0. The smallest absolute Gasteiger partial charge is 0.179 e. The van der Waals surface area contributed by atoms with Crippen molar-refractivity contribution >= 4 is 0 Å². The second-order valence-corrected chi connectivity index (χ2v) is 1.46. The van der Waals surface area contributed by atoms with E-state index in [0.29, 0.717) is 0 Å². The third-order valence-corrected chi connectivity index (χ3v) is 0.881. The normalized spacial score (nSPS) is 24.8. The lowest BCUT2D eigenvalue weighted by molar-refractivity contribution is 0.724. The van der Waals surface area contributed by atoms with Gasteiger partial charge in [0.2, 0.25) is 0 Å². The molecule has 3 heteroatoms. The van der Waals surface area contributed by atoms with Crippen molar-refractivity contribution in [1.82, 2.24) is 5.32 Å². The Morgan fingerprint density at radius 3 is 2.75 bits per heavy atom. The molecule has 1 rings (SSSR count). The molecule has 0 bridgehead atoms. The number of hydrogen-bond acceptors (Lipinski definition) is 3. The molecule has 1 N–H and O–H groups in total. The summed E-state index contributed by atoms with van der Waals surface area (Å²) in [4.78, 5) is 9.76. The van der Waals surface area contributed by atoms with Crippen molar-refractivity contribution in [2.24, 2.45) is 5.18 Å². The van der Waals surface area contributed by atoms with E-state index in [-0.39, 0.29) is 6.17 Å². The maximum atomic E-state index is 9.76. The number of nitrogens with one attached hydrogen (secondary N) is 1. The summed E-state index contributed by atoms with van der Waals surface area (Å²) < 4.78 is 0. The van der Waals surface area contributed by atoms with Crippen LogP contribution in [0, 0.1) is 4.91 Å². The van der Waals surface area contributed by atoms with Crippen LogP contribution in [-0.2, 0) is 0 Å². The van der Waals surface area contributed by atoms with Crippen molar-refractivity contribution in [3.8, 4) is 0 Å². The molecular weight excluding hydrogens is 104 g/mol. The van der Waals surface area contributed by atoms with Gasteiger partial charge < -0.3 is 5.32 Å². The Labute approximate surface area is 47.1 Å².